The van der Waals surface area contributed by atoms with Crippen molar-refractivity contribution < 1.29 is 18.3 Å². The zero-order valence-corrected chi connectivity index (χ0v) is 11.8. The predicted octanol–water partition coefficient (Wildman–Crippen LogP) is 3.09. The fraction of sp³-hybridized carbons (Fsp3) is 0.308. The minimum atomic E-state index is -2.88. The van der Waals surface area contributed by atoms with Crippen LogP contribution in [0.2, 0.25) is 5.02 Å². The van der Waals surface area contributed by atoms with E-state index < -0.39 is 23.8 Å². The Bertz CT molecular complexity index is 629. The number of nitrogens with zero attached hydrogens (tertiary/aromatic N) is 3. The van der Waals surface area contributed by atoms with Gasteiger partial charge in [0, 0.05) is 5.02 Å². The summed E-state index contributed by atoms with van der Waals surface area (Å²) in [7, 11) is 0. The molecule has 0 aliphatic rings. The van der Waals surface area contributed by atoms with Crippen molar-refractivity contribution in [2.24, 2.45) is 0 Å². The van der Waals surface area contributed by atoms with E-state index in [4.69, 9.17) is 16.3 Å². The highest BCUT2D eigenvalue weighted by Gasteiger charge is 2.27. The van der Waals surface area contributed by atoms with Crippen LogP contribution < -0.4 is 0 Å². The van der Waals surface area contributed by atoms with Crippen LogP contribution in [0.1, 0.15) is 35.1 Å². The number of rotatable bonds is 5. The maximum absolute atomic E-state index is 13.2. The number of halogens is 3. The van der Waals surface area contributed by atoms with Gasteiger partial charge in [-0.15, -0.1) is 5.10 Å². The first-order chi connectivity index (χ1) is 10.0. The van der Waals surface area contributed by atoms with Crippen LogP contribution in [-0.4, -0.2) is 27.6 Å². The topological polar surface area (TPSA) is 57.0 Å². The Labute approximate surface area is 124 Å². The minimum absolute atomic E-state index is 0.0588. The number of aromatic nitrogens is 3. The molecule has 0 radical (unpaired) electrons. The number of benzene rings is 1. The summed E-state index contributed by atoms with van der Waals surface area (Å²) < 4.78 is 32.0. The summed E-state index contributed by atoms with van der Waals surface area (Å²) >= 11 is 5.76. The Balaban J connectivity index is 2.31. The number of carbonyl (C=O) groups excluding carboxylic acids is 1. The summed E-state index contributed by atoms with van der Waals surface area (Å²) in [5.74, 6) is -0.907. The third-order valence-electron chi connectivity index (χ3n) is 2.69. The van der Waals surface area contributed by atoms with E-state index in [2.05, 4.69) is 10.3 Å². The van der Waals surface area contributed by atoms with Crippen LogP contribution in [0.3, 0.4) is 0 Å². The molecule has 0 fully saturated rings. The summed E-state index contributed by atoms with van der Waals surface area (Å²) in [4.78, 5) is 11.6. The van der Waals surface area contributed by atoms with E-state index in [-0.39, 0.29) is 13.2 Å². The van der Waals surface area contributed by atoms with Gasteiger partial charge < -0.3 is 4.74 Å². The normalized spacial score (nSPS) is 10.9. The molecule has 2 aromatic rings. The van der Waals surface area contributed by atoms with E-state index in [0.717, 1.165) is 4.68 Å². The Morgan fingerprint density at radius 3 is 2.62 bits per heavy atom. The molecule has 1 aromatic carbocycles. The van der Waals surface area contributed by atoms with Crippen LogP contribution in [-0.2, 0) is 11.3 Å². The quantitative estimate of drug-likeness (QED) is 0.796. The SMILES string of the molecule is CCOC(=O)c1nnn(Cc2ccc(Cl)cc2)c1C(F)F. The highest BCUT2D eigenvalue weighted by atomic mass is 35.5. The molecule has 21 heavy (non-hydrogen) atoms. The molecule has 0 aliphatic carbocycles. The van der Waals surface area contributed by atoms with Crippen LogP contribution in [0.25, 0.3) is 0 Å². The lowest BCUT2D eigenvalue weighted by atomic mass is 10.2. The Kier molecular flexibility index (Phi) is 4.85. The van der Waals surface area contributed by atoms with E-state index in [0.29, 0.717) is 10.6 Å². The molecule has 0 saturated heterocycles. The molecule has 8 heteroatoms. The lowest BCUT2D eigenvalue weighted by molar-refractivity contribution is 0.0506. The molecule has 5 nitrogen and oxygen atoms in total. The van der Waals surface area contributed by atoms with Crippen molar-refractivity contribution in [3.8, 4) is 0 Å². The molecule has 0 saturated carbocycles. The van der Waals surface area contributed by atoms with Gasteiger partial charge in [-0.25, -0.2) is 18.3 Å². The molecule has 0 aliphatic heterocycles. The number of hydrogen-bond acceptors (Lipinski definition) is 4. The van der Waals surface area contributed by atoms with Gasteiger partial charge in [-0.05, 0) is 24.6 Å². The lowest BCUT2D eigenvalue weighted by Gasteiger charge is -2.07. The summed E-state index contributed by atoms with van der Waals surface area (Å²) in [6.07, 6.45) is -2.88. The van der Waals surface area contributed by atoms with E-state index in [9.17, 15) is 13.6 Å². The van der Waals surface area contributed by atoms with Crippen LogP contribution in [0.15, 0.2) is 24.3 Å². The first-order valence-corrected chi connectivity index (χ1v) is 6.53. The van der Waals surface area contributed by atoms with Gasteiger partial charge in [0.15, 0.2) is 5.69 Å². The summed E-state index contributed by atoms with van der Waals surface area (Å²) in [6, 6.07) is 6.65. The average molecular weight is 316 g/mol. The highest BCUT2D eigenvalue weighted by Crippen LogP contribution is 2.23. The molecule has 1 heterocycles. The Morgan fingerprint density at radius 1 is 1.38 bits per heavy atom. The molecule has 0 N–H and O–H groups in total. The zero-order valence-electron chi connectivity index (χ0n) is 11.1. The minimum Gasteiger partial charge on any atom is -0.461 e. The van der Waals surface area contributed by atoms with E-state index >= 15 is 0 Å². The third-order valence-corrected chi connectivity index (χ3v) is 2.95. The second kappa shape index (κ2) is 6.62. The van der Waals surface area contributed by atoms with E-state index in [1.54, 1.807) is 31.2 Å². The largest absolute Gasteiger partial charge is 0.461 e. The number of ether oxygens (including phenoxy) is 1. The van der Waals surface area contributed by atoms with Gasteiger partial charge in [0.2, 0.25) is 0 Å². The fourth-order valence-electron chi connectivity index (χ4n) is 1.76. The van der Waals surface area contributed by atoms with Gasteiger partial charge in [0.05, 0.1) is 13.2 Å². The molecular weight excluding hydrogens is 304 g/mol. The van der Waals surface area contributed by atoms with Crippen LogP contribution >= 0.6 is 11.6 Å². The monoisotopic (exact) mass is 315 g/mol. The number of hydrogen-bond donors (Lipinski definition) is 0. The number of alkyl halides is 2. The molecule has 0 amide bonds. The maximum Gasteiger partial charge on any atom is 0.361 e. The summed E-state index contributed by atoms with van der Waals surface area (Å²) in [5.41, 5.74) is -0.300. The van der Waals surface area contributed by atoms with Crippen molar-refractivity contribution in [3.63, 3.8) is 0 Å². The first-order valence-electron chi connectivity index (χ1n) is 6.16. The number of esters is 1. The van der Waals surface area contributed by atoms with Crippen molar-refractivity contribution in [3.05, 3.63) is 46.2 Å². The highest BCUT2D eigenvalue weighted by molar-refractivity contribution is 6.30. The molecular formula is C13H12ClF2N3O2. The molecule has 0 spiro atoms. The third kappa shape index (κ3) is 3.55. The molecule has 0 bridgehead atoms. The van der Waals surface area contributed by atoms with E-state index in [1.807, 2.05) is 0 Å². The van der Waals surface area contributed by atoms with Gasteiger partial charge in [-0.3, -0.25) is 0 Å². The van der Waals surface area contributed by atoms with Crippen LogP contribution in [0, 0.1) is 0 Å². The van der Waals surface area contributed by atoms with Crippen LogP contribution in [0.4, 0.5) is 8.78 Å². The Hall–Kier alpha value is -2.02. The van der Waals surface area contributed by atoms with Crippen molar-refractivity contribution >= 4 is 17.6 Å². The summed E-state index contributed by atoms with van der Waals surface area (Å²) in [5, 5.41) is 7.65. The molecule has 0 unspecified atom stereocenters. The zero-order chi connectivity index (χ0) is 15.4. The van der Waals surface area contributed by atoms with Crippen molar-refractivity contribution in [2.45, 2.75) is 19.9 Å². The van der Waals surface area contributed by atoms with Crippen LogP contribution in [0.5, 0.6) is 0 Å². The number of carbonyl (C=O) groups is 1. The smallest absolute Gasteiger partial charge is 0.361 e. The first kappa shape index (κ1) is 15.4. The van der Waals surface area contributed by atoms with Crippen molar-refractivity contribution in [1.82, 2.24) is 15.0 Å². The van der Waals surface area contributed by atoms with Gasteiger partial charge in [-0.2, -0.15) is 0 Å². The molecule has 0 atom stereocenters. The molecule has 1 aromatic heterocycles. The second-order valence-corrected chi connectivity index (χ2v) is 4.57. The lowest BCUT2D eigenvalue weighted by Crippen LogP contribution is -2.12. The Morgan fingerprint density at radius 2 is 2.05 bits per heavy atom. The molecule has 2 rings (SSSR count). The standard InChI is InChI=1S/C13H12ClF2N3O2/c1-2-21-13(20)10-11(12(15)16)19(18-17-10)7-8-3-5-9(14)6-4-8/h3-6,12H,2,7H2,1H3. The van der Waals surface area contributed by atoms with Gasteiger partial charge in [0.1, 0.15) is 5.69 Å². The second-order valence-electron chi connectivity index (χ2n) is 4.13. The average Bonchev–Trinajstić information content (AvgIpc) is 2.85. The summed E-state index contributed by atoms with van der Waals surface area (Å²) in [6.45, 7) is 1.72. The maximum atomic E-state index is 13.2. The van der Waals surface area contributed by atoms with Gasteiger partial charge in [0.25, 0.3) is 6.43 Å². The van der Waals surface area contributed by atoms with E-state index in [1.165, 1.54) is 0 Å². The van der Waals surface area contributed by atoms with Crippen molar-refractivity contribution in [1.29, 1.82) is 0 Å². The molecule has 112 valence electrons. The van der Waals surface area contributed by atoms with Gasteiger partial charge in [-0.1, -0.05) is 28.9 Å². The fourth-order valence-corrected chi connectivity index (χ4v) is 1.89. The van der Waals surface area contributed by atoms with Gasteiger partial charge >= 0.3 is 5.97 Å². The van der Waals surface area contributed by atoms with Crippen molar-refractivity contribution in [2.75, 3.05) is 6.61 Å². The predicted molar refractivity (Wildman–Crippen MR) is 71.5 cm³/mol.